The number of para-hydroxylation sites is 1. The van der Waals surface area contributed by atoms with Crippen LogP contribution in [-0.2, 0) is 0 Å². The topological polar surface area (TPSA) is 28.1 Å². The number of benzene rings is 3. The van der Waals surface area contributed by atoms with Crippen LogP contribution in [0.3, 0.4) is 0 Å². The molecule has 26 heavy (non-hydrogen) atoms. The van der Waals surface area contributed by atoms with E-state index in [4.69, 9.17) is 11.8 Å². The van der Waals surface area contributed by atoms with Crippen LogP contribution in [0, 0.1) is 17.9 Å². The fourth-order valence-corrected chi connectivity index (χ4v) is 2.56. The minimum Gasteiger partial charge on any atom is -0.238 e. The van der Waals surface area contributed by atoms with Crippen molar-refractivity contribution in [3.05, 3.63) is 112 Å². The van der Waals surface area contributed by atoms with Crippen molar-refractivity contribution in [3.8, 4) is 6.07 Å². The van der Waals surface area contributed by atoms with E-state index in [2.05, 4.69) is 10.9 Å². The molecule has 0 aliphatic carbocycles. The second-order valence-corrected chi connectivity index (χ2v) is 5.70. The van der Waals surface area contributed by atoms with Crippen molar-refractivity contribution in [2.45, 2.75) is 0 Å². The molecule has 0 amide bonds. The van der Waals surface area contributed by atoms with E-state index in [9.17, 15) is 0 Å². The quantitative estimate of drug-likeness (QED) is 0.398. The Morgan fingerprint density at radius 1 is 0.692 bits per heavy atom. The monoisotopic (exact) mass is 332 g/mol. The van der Waals surface area contributed by atoms with Gasteiger partial charge in [-0.15, -0.1) is 0 Å². The molecule has 2 heteroatoms. The molecule has 0 fully saturated rings. The first kappa shape index (κ1) is 17.0. The SMILES string of the molecule is [C-]#[N+]c1ccccc1C=Cc1ccc(C=Cc2ccccc2C#N)cc1. The molecule has 0 unspecified atom stereocenters. The molecule has 0 spiro atoms. The molecule has 0 saturated carbocycles. The Bertz CT molecular complexity index is 956. The highest BCUT2D eigenvalue weighted by Gasteiger charge is 1.97. The maximum absolute atomic E-state index is 9.13. The number of nitriles is 1. The Labute approximate surface area is 153 Å². The summed E-state index contributed by atoms with van der Waals surface area (Å²) in [5, 5.41) is 9.13. The highest BCUT2D eigenvalue weighted by molar-refractivity contribution is 5.78. The molecule has 0 radical (unpaired) electrons. The molecule has 3 aromatic carbocycles. The smallest absolute Gasteiger partial charge is 0.194 e. The van der Waals surface area contributed by atoms with E-state index in [1.165, 1.54) is 0 Å². The first-order valence-corrected chi connectivity index (χ1v) is 8.22. The standard InChI is InChI=1S/C24H16N2/c1-26-24-9-5-4-7-22(24)17-15-20-12-10-19(11-13-20)14-16-21-6-2-3-8-23(21)18-25/h2-17H. The maximum Gasteiger partial charge on any atom is 0.194 e. The Kier molecular flexibility index (Phi) is 5.41. The van der Waals surface area contributed by atoms with Crippen molar-refractivity contribution >= 4 is 30.0 Å². The normalized spacial score (nSPS) is 10.7. The van der Waals surface area contributed by atoms with Crippen molar-refractivity contribution < 1.29 is 0 Å². The van der Waals surface area contributed by atoms with Crippen molar-refractivity contribution in [2.24, 2.45) is 0 Å². The summed E-state index contributed by atoms with van der Waals surface area (Å²) < 4.78 is 0. The lowest BCUT2D eigenvalue weighted by Gasteiger charge is -1.99. The summed E-state index contributed by atoms with van der Waals surface area (Å²) in [5.41, 5.74) is 5.28. The summed E-state index contributed by atoms with van der Waals surface area (Å²) in [6.45, 7) is 7.21. The third kappa shape index (κ3) is 4.15. The molecule has 2 nitrogen and oxygen atoms in total. The van der Waals surface area contributed by atoms with E-state index < -0.39 is 0 Å². The van der Waals surface area contributed by atoms with Gasteiger partial charge in [0.05, 0.1) is 18.2 Å². The minimum atomic E-state index is 0.652. The van der Waals surface area contributed by atoms with Crippen LogP contribution < -0.4 is 0 Å². The van der Waals surface area contributed by atoms with Gasteiger partial charge in [-0.2, -0.15) is 5.26 Å². The van der Waals surface area contributed by atoms with Crippen LogP contribution in [0.25, 0.3) is 29.1 Å². The van der Waals surface area contributed by atoms with Crippen molar-refractivity contribution in [1.29, 1.82) is 5.26 Å². The minimum absolute atomic E-state index is 0.652. The Balaban J connectivity index is 1.75. The molecule has 0 atom stereocenters. The number of nitrogens with zero attached hydrogens (tertiary/aromatic N) is 2. The predicted octanol–water partition coefficient (Wildman–Crippen LogP) is 6.45. The van der Waals surface area contributed by atoms with Gasteiger partial charge in [0.15, 0.2) is 5.69 Å². The first-order chi connectivity index (χ1) is 12.8. The maximum atomic E-state index is 9.13. The summed E-state index contributed by atoms with van der Waals surface area (Å²) >= 11 is 0. The van der Waals surface area contributed by atoms with E-state index in [1.54, 1.807) is 0 Å². The third-order valence-electron chi connectivity index (χ3n) is 3.99. The van der Waals surface area contributed by atoms with Crippen LogP contribution >= 0.6 is 0 Å². The molecule has 3 rings (SSSR count). The number of rotatable bonds is 4. The van der Waals surface area contributed by atoms with Gasteiger partial charge >= 0.3 is 0 Å². The van der Waals surface area contributed by atoms with Crippen LogP contribution in [0.15, 0.2) is 72.8 Å². The van der Waals surface area contributed by atoms with E-state index >= 15 is 0 Å². The fraction of sp³-hybridized carbons (Fsp3) is 0. The van der Waals surface area contributed by atoms with Gasteiger partial charge in [0.1, 0.15) is 0 Å². The summed E-state index contributed by atoms with van der Waals surface area (Å²) in [6.07, 6.45) is 7.91. The molecule has 122 valence electrons. The Hall–Kier alpha value is -3.88. The average molecular weight is 332 g/mol. The van der Waals surface area contributed by atoms with E-state index in [1.807, 2.05) is 97.1 Å². The highest BCUT2D eigenvalue weighted by Crippen LogP contribution is 2.21. The summed E-state index contributed by atoms with van der Waals surface area (Å²) in [6, 6.07) is 25.4. The summed E-state index contributed by atoms with van der Waals surface area (Å²) in [5.74, 6) is 0. The van der Waals surface area contributed by atoms with Crippen LogP contribution in [0.5, 0.6) is 0 Å². The molecule has 3 aromatic rings. The van der Waals surface area contributed by atoms with Gasteiger partial charge in [0.2, 0.25) is 0 Å². The van der Waals surface area contributed by atoms with Crippen molar-refractivity contribution in [2.75, 3.05) is 0 Å². The fourth-order valence-electron chi connectivity index (χ4n) is 2.56. The molecule has 0 aliphatic rings. The van der Waals surface area contributed by atoms with Gasteiger partial charge in [-0.1, -0.05) is 91.0 Å². The van der Waals surface area contributed by atoms with Gasteiger partial charge in [-0.25, -0.2) is 4.85 Å². The van der Waals surface area contributed by atoms with Crippen LogP contribution in [0.4, 0.5) is 5.69 Å². The molecular weight excluding hydrogens is 316 g/mol. The van der Waals surface area contributed by atoms with Gasteiger partial charge in [-0.3, -0.25) is 0 Å². The molecule has 0 heterocycles. The van der Waals surface area contributed by atoms with E-state index in [-0.39, 0.29) is 0 Å². The van der Waals surface area contributed by atoms with Gasteiger partial charge in [0.25, 0.3) is 0 Å². The zero-order chi connectivity index (χ0) is 18.2. The van der Waals surface area contributed by atoms with Crippen molar-refractivity contribution in [3.63, 3.8) is 0 Å². The van der Waals surface area contributed by atoms with Gasteiger partial charge in [0, 0.05) is 0 Å². The Morgan fingerprint density at radius 3 is 1.85 bits per heavy atom. The lowest BCUT2D eigenvalue weighted by molar-refractivity contribution is 1.47. The first-order valence-electron chi connectivity index (χ1n) is 8.22. The lowest BCUT2D eigenvalue weighted by Crippen LogP contribution is -1.80. The largest absolute Gasteiger partial charge is 0.238 e. The summed E-state index contributed by atoms with van der Waals surface area (Å²) in [4.78, 5) is 3.53. The van der Waals surface area contributed by atoms with Crippen LogP contribution in [0.2, 0.25) is 0 Å². The van der Waals surface area contributed by atoms with Crippen LogP contribution in [0.1, 0.15) is 27.8 Å². The zero-order valence-electron chi connectivity index (χ0n) is 14.1. The third-order valence-corrected chi connectivity index (χ3v) is 3.99. The highest BCUT2D eigenvalue weighted by atomic mass is 14.6. The number of hydrogen-bond acceptors (Lipinski definition) is 1. The molecule has 0 aromatic heterocycles. The average Bonchev–Trinajstić information content (AvgIpc) is 2.72. The molecule has 0 aliphatic heterocycles. The number of hydrogen-bond donors (Lipinski definition) is 0. The molecular formula is C24H16N2. The molecule has 0 N–H and O–H groups in total. The summed E-state index contributed by atoms with van der Waals surface area (Å²) in [7, 11) is 0. The van der Waals surface area contributed by atoms with Crippen molar-refractivity contribution in [1.82, 2.24) is 0 Å². The predicted molar refractivity (Wildman–Crippen MR) is 108 cm³/mol. The van der Waals surface area contributed by atoms with Gasteiger partial charge in [-0.05, 0) is 28.3 Å². The molecule has 0 saturated heterocycles. The molecule has 0 bridgehead atoms. The lowest BCUT2D eigenvalue weighted by atomic mass is 10.1. The van der Waals surface area contributed by atoms with E-state index in [0.29, 0.717) is 11.3 Å². The van der Waals surface area contributed by atoms with Gasteiger partial charge < -0.3 is 0 Å². The Morgan fingerprint density at radius 2 is 1.23 bits per heavy atom. The van der Waals surface area contributed by atoms with Crippen LogP contribution in [-0.4, -0.2) is 0 Å². The second-order valence-electron chi connectivity index (χ2n) is 5.70. The zero-order valence-corrected chi connectivity index (χ0v) is 14.1. The van der Waals surface area contributed by atoms with E-state index in [0.717, 1.165) is 22.3 Å². The second kappa shape index (κ2) is 8.29.